The van der Waals surface area contributed by atoms with E-state index in [1.165, 1.54) is 67.9 Å². The Balaban J connectivity index is 0.000000153. The number of fused-ring (bicyclic) bond motifs is 5. The molecule has 688 valence electrons. The first-order valence-electron chi connectivity index (χ1n) is 43.4. The highest BCUT2D eigenvalue weighted by Gasteiger charge is 2.37. The van der Waals surface area contributed by atoms with E-state index in [1.54, 1.807) is 87.7 Å². The number of rotatable bonds is 26. The maximum atomic E-state index is 13.5. The maximum Gasteiger partial charge on any atom is 0.190 e. The molecule has 0 radical (unpaired) electrons. The number of aryl methyl sites for hydroxylation is 9. The predicted molar refractivity (Wildman–Crippen MR) is 516 cm³/mol. The second-order valence-electron chi connectivity index (χ2n) is 35.4. The summed E-state index contributed by atoms with van der Waals surface area (Å²) in [7, 11) is 0. The average Bonchev–Trinajstić information content (AvgIpc) is 1.56. The van der Waals surface area contributed by atoms with Gasteiger partial charge in [-0.2, -0.15) is 15.0 Å². The van der Waals surface area contributed by atoms with Crippen LogP contribution >= 0.6 is 0 Å². The van der Waals surface area contributed by atoms with E-state index in [0.29, 0.717) is 45.0 Å². The molecule has 136 heavy (non-hydrogen) atoms. The molecule has 0 saturated carbocycles. The van der Waals surface area contributed by atoms with Gasteiger partial charge in [-0.25, -0.2) is 47.3 Å². The van der Waals surface area contributed by atoms with Gasteiger partial charge in [-0.05, 0) is 241 Å². The van der Waals surface area contributed by atoms with Crippen molar-refractivity contribution < 1.29 is 53.9 Å². The molecule has 5 N–H and O–H groups in total. The van der Waals surface area contributed by atoms with Crippen LogP contribution in [0, 0.1) is 101 Å². The summed E-state index contributed by atoms with van der Waals surface area (Å²) in [4.78, 5) is 81.8. The second-order valence-corrected chi connectivity index (χ2v) is 35.4. The molecule has 0 aliphatic heterocycles. The van der Waals surface area contributed by atoms with Crippen molar-refractivity contribution in [3.8, 4) is 11.1 Å². The van der Waals surface area contributed by atoms with Crippen molar-refractivity contribution in [3.63, 3.8) is 0 Å². The first kappa shape index (κ1) is 99.0. The van der Waals surface area contributed by atoms with Crippen LogP contribution < -0.4 is 0 Å². The molecule has 16 rings (SSSR count). The molecule has 0 bridgehead atoms. The van der Waals surface area contributed by atoms with E-state index in [9.17, 15) is 53.9 Å². The zero-order valence-electron chi connectivity index (χ0n) is 77.8. The van der Waals surface area contributed by atoms with Gasteiger partial charge in [0.05, 0.1) is 87.7 Å². The normalized spacial score (nSPS) is 13.3. The molecule has 30 nitrogen and oxygen atoms in total. The van der Waals surface area contributed by atoms with Gasteiger partial charge < -0.3 is 25.5 Å². The van der Waals surface area contributed by atoms with Crippen molar-refractivity contribution in [1.82, 2.24) is 75.0 Å². The van der Waals surface area contributed by atoms with E-state index in [0.717, 1.165) is 122 Å². The summed E-state index contributed by atoms with van der Waals surface area (Å²) >= 11 is 0. The Morgan fingerprint density at radius 2 is 0.551 bits per heavy atom. The van der Waals surface area contributed by atoms with Crippen LogP contribution in [0.5, 0.6) is 0 Å². The Bertz CT molecular complexity index is 7320. The summed E-state index contributed by atoms with van der Waals surface area (Å²) in [5.41, 5.74) is 16.0. The number of aromatic nitrogens is 15. The zero-order chi connectivity index (χ0) is 98.5. The minimum Gasteiger partial charge on any atom is -0.380 e. The van der Waals surface area contributed by atoms with E-state index in [2.05, 4.69) is 107 Å². The molecule has 31 heteroatoms. The number of aliphatic hydroxyl groups is 5. The molecule has 0 fully saturated rings. The SMILES string of the molecule is [C-]#[N+]c1ccc(CC(=O)[C@@](C)(O)Cn2nc3ccc(C)cc3n2)cc1C.[C-]#[N+]c1ccc(CC(=O)[C@@](C)(O)Cn2nnc3cc(-c4ccc(C)cc4)ccc32)cc1C.[C-]#[N+]c1ccc(CC(=O)[C@@](C)(O)Cn2nnc3cc(C)ccc32)cc1C.[C-]#[N+]c1ccc(CC(=O)[C@@](C)(O)Cn2nnc3cc(C)ccc32)cc1C.[C-]#[N+]c1ccc(CC(=O)[C@@](C)(O)Cn2nnc3ccc(F)cc32)cc1C. The van der Waals surface area contributed by atoms with Gasteiger partial charge in [0.15, 0.2) is 57.4 Å². The van der Waals surface area contributed by atoms with Crippen LogP contribution in [0.4, 0.5) is 32.8 Å². The van der Waals surface area contributed by atoms with Crippen molar-refractivity contribution in [2.24, 2.45) is 0 Å². The number of carbonyl (C=O) groups excluding carboxylic acids is 5. The number of hydrogen-bond donors (Lipinski definition) is 5. The first-order valence-corrected chi connectivity index (χ1v) is 43.4. The van der Waals surface area contributed by atoms with Crippen LogP contribution in [-0.2, 0) is 88.8 Å². The number of hydrogen-bond acceptors (Lipinski definition) is 20. The minimum atomic E-state index is -1.70. The zero-order valence-corrected chi connectivity index (χ0v) is 77.8. The van der Waals surface area contributed by atoms with Gasteiger partial charge in [-0.1, -0.05) is 166 Å². The third kappa shape index (κ3) is 24.4. The fourth-order valence-corrected chi connectivity index (χ4v) is 15.1. The van der Waals surface area contributed by atoms with Gasteiger partial charge in [0.2, 0.25) is 0 Å². The van der Waals surface area contributed by atoms with Crippen molar-refractivity contribution in [2.45, 2.75) is 190 Å². The number of benzene rings is 11. The van der Waals surface area contributed by atoms with Gasteiger partial charge in [-0.3, -0.25) is 24.0 Å². The third-order valence-electron chi connectivity index (χ3n) is 23.3. The molecule has 0 amide bonds. The maximum absolute atomic E-state index is 13.5. The standard InChI is InChI=1S/C26H24N4O2.3C20H20N4O2.C19H17FN4O2/c1-17-5-8-20(9-6-17)21-10-12-24-23(15-21)28-29-30(24)16-26(3,32)25(31)14-19-7-11-22(27-4)18(2)13-19;2*1-13-5-8-18-17(9-13)22-23-24(18)12-20(3,26)19(25)11-15-6-7-16(21-4)14(2)10-15;1-13-5-7-17-18(9-13)23-24(22-17)12-20(3,26)19(25)11-15-6-8-16(21-4)14(2)10-15;1-12-8-13(4-6-15(12)21-3)9-18(25)19(2,26)11-24-17-10-14(20)5-7-16(17)22-23-24/h5-13,15,32H,14,16H2,1-3H3;3*5-10,26H,11-12H2,1-3H3;4-8,10,26H,9,11H2,1-2H3/t26-;3*20-;19-/m00000/s1. The van der Waals surface area contributed by atoms with Crippen LogP contribution in [0.2, 0.25) is 0 Å². The number of nitrogens with zero attached hydrogens (tertiary/aromatic N) is 20. The number of carbonyl (C=O) groups is 5. The lowest BCUT2D eigenvalue weighted by atomic mass is 9.94. The monoisotopic (exact) mass is 1820 g/mol. The predicted octanol–water partition coefficient (Wildman–Crippen LogP) is 17.3. The van der Waals surface area contributed by atoms with Crippen molar-refractivity contribution in [3.05, 3.63) is 347 Å². The summed E-state index contributed by atoms with van der Waals surface area (Å²) in [5, 5.41) is 94.9. The Morgan fingerprint density at radius 3 is 0.882 bits per heavy atom. The molecular weight excluding hydrogens is 1720 g/mol. The lowest BCUT2D eigenvalue weighted by Gasteiger charge is -2.22. The van der Waals surface area contributed by atoms with E-state index in [-0.39, 0.29) is 88.0 Å². The van der Waals surface area contributed by atoms with E-state index in [1.807, 2.05) is 146 Å². The van der Waals surface area contributed by atoms with Crippen LogP contribution in [0.15, 0.2) is 206 Å². The average molecular weight is 1820 g/mol. The van der Waals surface area contributed by atoms with Gasteiger partial charge >= 0.3 is 0 Å². The Labute approximate surface area is 785 Å². The minimum absolute atomic E-state index is 0.00529. The van der Waals surface area contributed by atoms with Crippen molar-refractivity contribution in [1.29, 1.82) is 0 Å². The largest absolute Gasteiger partial charge is 0.380 e. The fraction of sp³-hybridized carbons (Fsp3) is 0.276. The molecule has 5 aromatic heterocycles. The highest BCUT2D eigenvalue weighted by Crippen LogP contribution is 2.32. The summed E-state index contributed by atoms with van der Waals surface area (Å²) in [5.74, 6) is -2.07. The summed E-state index contributed by atoms with van der Waals surface area (Å²) in [6, 6.07) is 61.6. The van der Waals surface area contributed by atoms with Crippen LogP contribution in [0.1, 0.15) is 113 Å². The Kier molecular flexibility index (Phi) is 30.4. The highest BCUT2D eigenvalue weighted by molar-refractivity contribution is 5.93. The van der Waals surface area contributed by atoms with E-state index >= 15 is 0 Å². The summed E-state index contributed by atoms with van der Waals surface area (Å²) in [6.07, 6.45) is 0.380. The molecule has 0 spiro atoms. The van der Waals surface area contributed by atoms with Crippen molar-refractivity contribution >= 4 is 113 Å². The molecule has 5 atom stereocenters. The van der Waals surface area contributed by atoms with E-state index in [4.69, 9.17) is 32.9 Å². The van der Waals surface area contributed by atoms with Gasteiger partial charge in [-0.15, -0.1) is 20.4 Å². The van der Waals surface area contributed by atoms with Gasteiger partial charge in [0.1, 0.15) is 66.9 Å². The smallest absolute Gasteiger partial charge is 0.190 e. The number of halogens is 1. The topological polar surface area (TPSA) is 362 Å². The lowest BCUT2D eigenvalue weighted by Crippen LogP contribution is -2.41. The molecule has 16 aromatic rings. The van der Waals surface area contributed by atoms with Crippen molar-refractivity contribution in [2.75, 3.05) is 0 Å². The summed E-state index contributed by atoms with van der Waals surface area (Å²) in [6.45, 7) is 59.9. The number of Topliss-reactive ketones (excluding diaryl/α,β-unsaturated/α-hetero) is 5. The first-order chi connectivity index (χ1) is 64.4. The molecule has 5 heterocycles. The summed E-state index contributed by atoms with van der Waals surface area (Å²) < 4.78 is 19.5. The van der Waals surface area contributed by atoms with E-state index < -0.39 is 39.6 Å². The van der Waals surface area contributed by atoms with Gasteiger partial charge in [0.25, 0.3) is 0 Å². The molecule has 0 unspecified atom stereocenters. The van der Waals surface area contributed by atoms with Crippen LogP contribution in [0.3, 0.4) is 0 Å². The number of ketones is 5. The molecule has 0 aliphatic carbocycles. The highest BCUT2D eigenvalue weighted by atomic mass is 19.1. The Hall–Kier alpha value is -16.1. The lowest BCUT2D eigenvalue weighted by molar-refractivity contribution is -0.137. The molecular formula is C105H101FN20O10. The van der Waals surface area contributed by atoms with Crippen LogP contribution in [-0.4, -0.2) is 157 Å². The van der Waals surface area contributed by atoms with Gasteiger partial charge in [0, 0.05) is 38.2 Å². The fourth-order valence-electron chi connectivity index (χ4n) is 15.1. The molecule has 0 aliphatic rings. The Morgan fingerprint density at radius 1 is 0.287 bits per heavy atom. The molecule has 0 saturated heterocycles. The second kappa shape index (κ2) is 41.8. The third-order valence-corrected chi connectivity index (χ3v) is 23.3. The quantitative estimate of drug-likeness (QED) is 0.0314. The van der Waals surface area contributed by atoms with Crippen LogP contribution in [0.25, 0.3) is 90.5 Å². The molecule has 11 aromatic carbocycles.